The molecule has 5 unspecified atom stereocenters. The first-order chi connectivity index (χ1) is 7.68. The molecular formula is C13H23NO2. The zero-order chi connectivity index (χ0) is 11.3. The van der Waals surface area contributed by atoms with E-state index in [9.17, 15) is 0 Å². The number of hydrogen-bond acceptors (Lipinski definition) is 3. The zero-order valence-corrected chi connectivity index (χ0v) is 10.3. The third kappa shape index (κ3) is 1.52. The lowest BCUT2D eigenvalue weighted by Gasteiger charge is -2.39. The van der Waals surface area contributed by atoms with Crippen LogP contribution >= 0.6 is 0 Å². The van der Waals surface area contributed by atoms with Crippen LogP contribution in [-0.4, -0.2) is 25.5 Å². The van der Waals surface area contributed by atoms with Crippen molar-refractivity contribution in [2.45, 2.75) is 39.0 Å². The predicted molar refractivity (Wildman–Crippen MR) is 61.7 cm³/mol. The molecule has 0 aromatic carbocycles. The third-order valence-corrected chi connectivity index (χ3v) is 5.07. The zero-order valence-electron chi connectivity index (χ0n) is 10.3. The second kappa shape index (κ2) is 3.97. The summed E-state index contributed by atoms with van der Waals surface area (Å²) in [6, 6.07) is 0.225. The van der Waals surface area contributed by atoms with Gasteiger partial charge in [-0.05, 0) is 36.5 Å². The molecule has 3 fully saturated rings. The van der Waals surface area contributed by atoms with Crippen LogP contribution in [0.5, 0.6) is 0 Å². The molecule has 3 aliphatic rings. The quantitative estimate of drug-likeness (QED) is 0.681. The van der Waals surface area contributed by atoms with Crippen LogP contribution in [-0.2, 0) is 9.47 Å². The van der Waals surface area contributed by atoms with E-state index >= 15 is 0 Å². The molecule has 0 amide bonds. The van der Waals surface area contributed by atoms with Gasteiger partial charge in [0.1, 0.15) is 0 Å². The first kappa shape index (κ1) is 11.0. The second-order valence-corrected chi connectivity index (χ2v) is 6.03. The molecule has 2 saturated heterocycles. The summed E-state index contributed by atoms with van der Waals surface area (Å²) < 4.78 is 11.7. The lowest BCUT2D eigenvalue weighted by Crippen LogP contribution is -2.49. The van der Waals surface area contributed by atoms with Crippen molar-refractivity contribution >= 4 is 0 Å². The minimum absolute atomic E-state index is 0.0321. The van der Waals surface area contributed by atoms with E-state index in [2.05, 4.69) is 13.8 Å². The molecule has 0 spiro atoms. The Morgan fingerprint density at radius 3 is 2.69 bits per heavy atom. The van der Waals surface area contributed by atoms with Gasteiger partial charge in [-0.1, -0.05) is 13.8 Å². The van der Waals surface area contributed by atoms with Gasteiger partial charge in [0.2, 0.25) is 0 Å². The van der Waals surface area contributed by atoms with Gasteiger partial charge >= 0.3 is 0 Å². The summed E-state index contributed by atoms with van der Waals surface area (Å²) in [7, 11) is 0. The minimum atomic E-state index is 0.0321. The second-order valence-electron chi connectivity index (χ2n) is 6.03. The van der Waals surface area contributed by atoms with Crippen LogP contribution in [0, 0.1) is 29.6 Å². The van der Waals surface area contributed by atoms with Crippen molar-refractivity contribution < 1.29 is 9.47 Å². The van der Waals surface area contributed by atoms with E-state index in [0.29, 0.717) is 18.4 Å². The van der Waals surface area contributed by atoms with Gasteiger partial charge in [-0.25, -0.2) is 0 Å². The summed E-state index contributed by atoms with van der Waals surface area (Å²) in [5.41, 5.74) is 6.20. The number of rotatable bonds is 0. The molecule has 1 saturated carbocycles. The fourth-order valence-electron chi connectivity index (χ4n) is 4.35. The molecule has 3 rings (SSSR count). The highest BCUT2D eigenvalue weighted by Crippen LogP contribution is 2.52. The fourth-order valence-corrected chi connectivity index (χ4v) is 4.35. The lowest BCUT2D eigenvalue weighted by molar-refractivity contribution is -0.208. The SMILES string of the molecule is CC1CCO[C@@H]2OCC(N)C3CC(C)[C@H]1C32. The summed E-state index contributed by atoms with van der Waals surface area (Å²) in [6.45, 7) is 6.29. The predicted octanol–water partition coefficient (Wildman–Crippen LogP) is 1.61. The first-order valence-electron chi connectivity index (χ1n) is 6.67. The molecule has 3 heteroatoms. The number of ether oxygens (including phenoxy) is 2. The van der Waals surface area contributed by atoms with Crippen molar-refractivity contribution in [3.8, 4) is 0 Å². The van der Waals surface area contributed by atoms with Gasteiger partial charge in [0.15, 0.2) is 6.29 Å². The van der Waals surface area contributed by atoms with Crippen molar-refractivity contribution in [3.63, 3.8) is 0 Å². The molecular weight excluding hydrogens is 202 g/mol. The van der Waals surface area contributed by atoms with E-state index in [1.165, 1.54) is 12.8 Å². The van der Waals surface area contributed by atoms with Crippen molar-refractivity contribution in [2.75, 3.05) is 13.2 Å². The smallest absolute Gasteiger partial charge is 0.161 e. The van der Waals surface area contributed by atoms with Crippen molar-refractivity contribution in [1.82, 2.24) is 0 Å². The first-order valence-corrected chi connectivity index (χ1v) is 6.67. The maximum absolute atomic E-state index is 6.20. The van der Waals surface area contributed by atoms with E-state index in [1.54, 1.807) is 0 Å². The van der Waals surface area contributed by atoms with Crippen LogP contribution in [0.15, 0.2) is 0 Å². The summed E-state index contributed by atoms with van der Waals surface area (Å²) >= 11 is 0. The molecule has 0 aromatic rings. The topological polar surface area (TPSA) is 44.5 Å². The molecule has 2 heterocycles. The molecule has 7 atom stereocenters. The Labute approximate surface area is 97.7 Å². The average Bonchev–Trinajstić information content (AvgIpc) is 2.50. The largest absolute Gasteiger partial charge is 0.352 e. The molecule has 2 aliphatic heterocycles. The molecule has 0 radical (unpaired) electrons. The minimum Gasteiger partial charge on any atom is -0.352 e. The highest BCUT2D eigenvalue weighted by atomic mass is 16.7. The molecule has 1 aliphatic carbocycles. The van der Waals surface area contributed by atoms with Gasteiger partial charge < -0.3 is 15.2 Å². The Balaban J connectivity index is 1.92. The van der Waals surface area contributed by atoms with E-state index in [-0.39, 0.29) is 12.3 Å². The maximum Gasteiger partial charge on any atom is 0.161 e. The molecule has 16 heavy (non-hydrogen) atoms. The Hall–Kier alpha value is -0.120. The molecule has 0 bridgehead atoms. The normalized spacial score (nSPS) is 56.8. The van der Waals surface area contributed by atoms with Crippen LogP contribution in [0.1, 0.15) is 26.7 Å². The highest BCUT2D eigenvalue weighted by molar-refractivity contribution is 4.99. The van der Waals surface area contributed by atoms with Gasteiger partial charge in [0.05, 0.1) is 13.2 Å². The number of hydrogen-bond donors (Lipinski definition) is 1. The van der Waals surface area contributed by atoms with Crippen LogP contribution in [0.3, 0.4) is 0 Å². The average molecular weight is 225 g/mol. The Morgan fingerprint density at radius 2 is 1.88 bits per heavy atom. The van der Waals surface area contributed by atoms with Crippen molar-refractivity contribution in [2.24, 2.45) is 35.3 Å². The summed E-state index contributed by atoms with van der Waals surface area (Å²) in [5.74, 6) is 3.46. The van der Waals surface area contributed by atoms with Gasteiger partial charge in [-0.3, -0.25) is 0 Å². The van der Waals surface area contributed by atoms with Gasteiger partial charge in [-0.15, -0.1) is 0 Å². The van der Waals surface area contributed by atoms with E-state index < -0.39 is 0 Å². The molecule has 0 aromatic heterocycles. The highest BCUT2D eigenvalue weighted by Gasteiger charge is 2.53. The van der Waals surface area contributed by atoms with Gasteiger partial charge in [0, 0.05) is 12.0 Å². The van der Waals surface area contributed by atoms with Gasteiger partial charge in [0.25, 0.3) is 0 Å². The van der Waals surface area contributed by atoms with Gasteiger partial charge in [-0.2, -0.15) is 0 Å². The summed E-state index contributed by atoms with van der Waals surface area (Å²) in [4.78, 5) is 0. The standard InChI is InChI=1S/C13H23NO2/c1-7-3-4-15-13-12-9(10(14)6-16-13)5-8(2)11(7)12/h7-13H,3-6,14H2,1-2H3/t7?,8?,9?,10?,11-,12?,13+/m0/s1. The Kier molecular flexibility index (Phi) is 2.73. The molecule has 2 N–H and O–H groups in total. The molecule has 3 nitrogen and oxygen atoms in total. The fraction of sp³-hybridized carbons (Fsp3) is 1.00. The van der Waals surface area contributed by atoms with E-state index in [1.807, 2.05) is 0 Å². The Morgan fingerprint density at radius 1 is 1.06 bits per heavy atom. The van der Waals surface area contributed by atoms with Crippen LogP contribution < -0.4 is 5.73 Å². The Bertz CT molecular complexity index is 269. The molecule has 92 valence electrons. The monoisotopic (exact) mass is 225 g/mol. The number of nitrogens with two attached hydrogens (primary N) is 1. The van der Waals surface area contributed by atoms with E-state index in [0.717, 1.165) is 24.4 Å². The van der Waals surface area contributed by atoms with Crippen molar-refractivity contribution in [1.29, 1.82) is 0 Å². The summed E-state index contributed by atoms with van der Waals surface area (Å²) in [6.07, 6.45) is 2.47. The van der Waals surface area contributed by atoms with Crippen LogP contribution in [0.25, 0.3) is 0 Å². The third-order valence-electron chi connectivity index (χ3n) is 5.07. The lowest BCUT2D eigenvalue weighted by atomic mass is 9.76. The van der Waals surface area contributed by atoms with E-state index in [4.69, 9.17) is 15.2 Å². The maximum atomic E-state index is 6.20. The summed E-state index contributed by atoms with van der Waals surface area (Å²) in [5, 5.41) is 0. The van der Waals surface area contributed by atoms with Crippen LogP contribution in [0.4, 0.5) is 0 Å². The van der Waals surface area contributed by atoms with Crippen LogP contribution in [0.2, 0.25) is 0 Å². The van der Waals surface area contributed by atoms with Crippen molar-refractivity contribution in [3.05, 3.63) is 0 Å².